The summed E-state index contributed by atoms with van der Waals surface area (Å²) in [5, 5.41) is 0. The highest BCUT2D eigenvalue weighted by atomic mass is 19.4. The minimum atomic E-state index is -4.46. The summed E-state index contributed by atoms with van der Waals surface area (Å²) >= 11 is 0. The van der Waals surface area contributed by atoms with Gasteiger partial charge in [0.25, 0.3) is 0 Å². The van der Waals surface area contributed by atoms with Crippen LogP contribution in [0.1, 0.15) is 11.4 Å². The molecule has 0 saturated heterocycles. The largest absolute Gasteiger partial charge is 0.417 e. The number of nitrogens with zero attached hydrogens (tertiary/aromatic N) is 2. The first-order valence-corrected chi connectivity index (χ1v) is 5.71. The minimum Gasteiger partial charge on any atom is -0.384 e. The minimum absolute atomic E-state index is 0.0357. The van der Waals surface area contributed by atoms with Crippen molar-refractivity contribution in [2.24, 2.45) is 0 Å². The Bertz CT molecular complexity index is 614. The lowest BCUT2D eigenvalue weighted by Crippen LogP contribution is -2.09. The molecule has 7 heteroatoms. The van der Waals surface area contributed by atoms with Crippen molar-refractivity contribution in [3.8, 4) is 11.3 Å². The Hall–Kier alpha value is -2.15. The van der Waals surface area contributed by atoms with Gasteiger partial charge < -0.3 is 10.5 Å². The zero-order chi connectivity index (χ0) is 14.8. The van der Waals surface area contributed by atoms with Gasteiger partial charge in [0, 0.05) is 18.7 Å². The van der Waals surface area contributed by atoms with Gasteiger partial charge in [0.05, 0.1) is 11.3 Å². The number of hydrogen-bond acceptors (Lipinski definition) is 4. The molecule has 106 valence electrons. The maximum Gasteiger partial charge on any atom is 0.417 e. The molecule has 4 nitrogen and oxygen atoms in total. The lowest BCUT2D eigenvalue weighted by atomic mass is 10.0. The van der Waals surface area contributed by atoms with Gasteiger partial charge in [0.1, 0.15) is 12.4 Å². The number of methoxy groups -OCH3 is 1. The third-order valence-electron chi connectivity index (χ3n) is 2.57. The molecule has 2 N–H and O–H groups in total. The van der Waals surface area contributed by atoms with Gasteiger partial charge in [-0.05, 0) is 6.07 Å². The zero-order valence-electron chi connectivity index (χ0n) is 10.6. The highest BCUT2D eigenvalue weighted by molar-refractivity contribution is 5.66. The van der Waals surface area contributed by atoms with Gasteiger partial charge in [0.2, 0.25) is 0 Å². The lowest BCUT2D eigenvalue weighted by molar-refractivity contribution is -0.137. The van der Waals surface area contributed by atoms with Crippen molar-refractivity contribution >= 4 is 5.82 Å². The van der Waals surface area contributed by atoms with Crippen molar-refractivity contribution in [2.75, 3.05) is 12.8 Å². The van der Waals surface area contributed by atoms with E-state index in [4.69, 9.17) is 10.5 Å². The normalized spacial score (nSPS) is 11.6. The van der Waals surface area contributed by atoms with Gasteiger partial charge in [-0.3, -0.25) is 0 Å². The zero-order valence-corrected chi connectivity index (χ0v) is 10.6. The summed E-state index contributed by atoms with van der Waals surface area (Å²) in [5.74, 6) is 0.332. The average molecular weight is 283 g/mol. The van der Waals surface area contributed by atoms with Crippen LogP contribution in [0.4, 0.5) is 19.0 Å². The van der Waals surface area contributed by atoms with Crippen molar-refractivity contribution in [2.45, 2.75) is 12.8 Å². The third-order valence-corrected chi connectivity index (χ3v) is 2.57. The maximum absolute atomic E-state index is 13.0. The molecule has 1 heterocycles. The number of anilines is 1. The molecule has 1 aromatic carbocycles. The van der Waals surface area contributed by atoms with Crippen molar-refractivity contribution in [3.05, 3.63) is 41.7 Å². The van der Waals surface area contributed by atoms with Crippen LogP contribution in [0, 0.1) is 0 Å². The summed E-state index contributed by atoms with van der Waals surface area (Å²) in [5.41, 5.74) is 4.92. The second-order valence-corrected chi connectivity index (χ2v) is 4.07. The lowest BCUT2D eigenvalue weighted by Gasteiger charge is -2.13. The van der Waals surface area contributed by atoms with Crippen LogP contribution in [-0.2, 0) is 17.5 Å². The smallest absolute Gasteiger partial charge is 0.384 e. The fourth-order valence-electron chi connectivity index (χ4n) is 1.80. The van der Waals surface area contributed by atoms with E-state index in [1.807, 2.05) is 0 Å². The summed E-state index contributed by atoms with van der Waals surface area (Å²) in [6, 6.07) is 6.50. The number of alkyl halides is 3. The maximum atomic E-state index is 13.0. The van der Waals surface area contributed by atoms with Crippen molar-refractivity contribution < 1.29 is 17.9 Å². The van der Waals surface area contributed by atoms with Gasteiger partial charge in [0.15, 0.2) is 5.82 Å². The van der Waals surface area contributed by atoms with Crippen LogP contribution in [0.3, 0.4) is 0 Å². The number of benzene rings is 1. The molecular formula is C13H12F3N3O. The van der Waals surface area contributed by atoms with Crippen LogP contribution < -0.4 is 5.73 Å². The molecule has 0 aliphatic rings. The summed E-state index contributed by atoms with van der Waals surface area (Å²) < 4.78 is 43.8. The summed E-state index contributed by atoms with van der Waals surface area (Å²) in [6.45, 7) is 0.0756. The van der Waals surface area contributed by atoms with E-state index in [9.17, 15) is 13.2 Å². The Kier molecular flexibility index (Phi) is 3.89. The summed E-state index contributed by atoms with van der Waals surface area (Å²) in [4.78, 5) is 7.95. The number of halogens is 3. The summed E-state index contributed by atoms with van der Waals surface area (Å²) in [7, 11) is 1.44. The molecule has 2 aromatic rings. The molecule has 0 atom stereocenters. The Morgan fingerprint density at radius 1 is 1.20 bits per heavy atom. The quantitative estimate of drug-likeness (QED) is 0.940. The molecule has 0 unspecified atom stereocenters. The van der Waals surface area contributed by atoms with E-state index in [0.717, 1.165) is 6.07 Å². The van der Waals surface area contributed by atoms with Crippen LogP contribution >= 0.6 is 0 Å². The number of aromatic nitrogens is 2. The average Bonchev–Trinajstić information content (AvgIpc) is 2.37. The fraction of sp³-hybridized carbons (Fsp3) is 0.231. The monoisotopic (exact) mass is 283 g/mol. The predicted molar refractivity (Wildman–Crippen MR) is 67.6 cm³/mol. The van der Waals surface area contributed by atoms with Crippen LogP contribution in [0.2, 0.25) is 0 Å². The number of nitrogen functional groups attached to an aromatic ring is 1. The van der Waals surface area contributed by atoms with E-state index in [2.05, 4.69) is 9.97 Å². The molecule has 0 aliphatic carbocycles. The van der Waals surface area contributed by atoms with E-state index in [0.29, 0.717) is 0 Å². The fourth-order valence-corrected chi connectivity index (χ4v) is 1.80. The highest BCUT2D eigenvalue weighted by Gasteiger charge is 2.33. The molecule has 0 saturated carbocycles. The molecule has 0 aliphatic heterocycles. The molecule has 0 bridgehead atoms. The van der Waals surface area contributed by atoms with E-state index in [1.54, 1.807) is 0 Å². The first kappa shape index (κ1) is 14.3. The second-order valence-electron chi connectivity index (χ2n) is 4.07. The topological polar surface area (TPSA) is 61.0 Å². The highest BCUT2D eigenvalue weighted by Crippen LogP contribution is 2.36. The van der Waals surface area contributed by atoms with Crippen molar-refractivity contribution in [1.82, 2.24) is 9.97 Å². The molecule has 0 fully saturated rings. The molecule has 0 spiro atoms. The Balaban J connectivity index is 2.57. The molecule has 0 amide bonds. The van der Waals surface area contributed by atoms with Crippen molar-refractivity contribution in [1.29, 1.82) is 0 Å². The molecule has 1 aromatic heterocycles. The first-order valence-electron chi connectivity index (χ1n) is 5.71. The predicted octanol–water partition coefficient (Wildman–Crippen LogP) is 2.89. The summed E-state index contributed by atoms with van der Waals surface area (Å²) in [6.07, 6.45) is -4.46. The van der Waals surface area contributed by atoms with Crippen molar-refractivity contribution in [3.63, 3.8) is 0 Å². The number of hydrogen-bond donors (Lipinski definition) is 1. The number of ether oxygens (including phenoxy) is 1. The molecule has 20 heavy (non-hydrogen) atoms. The van der Waals surface area contributed by atoms with Gasteiger partial charge in [-0.25, -0.2) is 9.97 Å². The van der Waals surface area contributed by atoms with Gasteiger partial charge in [-0.15, -0.1) is 0 Å². The van der Waals surface area contributed by atoms with Crippen LogP contribution in [0.5, 0.6) is 0 Å². The van der Waals surface area contributed by atoms with E-state index >= 15 is 0 Å². The molecule has 0 radical (unpaired) electrons. The van der Waals surface area contributed by atoms with E-state index in [-0.39, 0.29) is 29.5 Å². The third kappa shape index (κ3) is 3.05. The molecule has 2 rings (SSSR count). The Morgan fingerprint density at radius 3 is 2.55 bits per heavy atom. The van der Waals surface area contributed by atoms with Gasteiger partial charge in [-0.1, -0.05) is 18.2 Å². The Morgan fingerprint density at radius 2 is 1.90 bits per heavy atom. The Labute approximate surface area is 113 Å². The first-order chi connectivity index (χ1) is 9.41. The van der Waals surface area contributed by atoms with Gasteiger partial charge >= 0.3 is 6.18 Å². The number of rotatable bonds is 3. The SMILES string of the molecule is COCc1nc(N)cc(-c2ccccc2C(F)(F)F)n1. The standard InChI is InChI=1S/C13H12F3N3O/c1-20-7-12-18-10(6-11(17)19-12)8-4-2-3-5-9(8)13(14,15)16/h2-6H,7H2,1H3,(H2,17,18,19). The van der Waals surface area contributed by atoms with Crippen LogP contribution in [-0.4, -0.2) is 17.1 Å². The number of nitrogens with two attached hydrogens (primary N) is 1. The van der Waals surface area contributed by atoms with E-state index < -0.39 is 11.7 Å². The van der Waals surface area contributed by atoms with Gasteiger partial charge in [-0.2, -0.15) is 13.2 Å². The van der Waals surface area contributed by atoms with Crippen LogP contribution in [0.25, 0.3) is 11.3 Å². The molecular weight excluding hydrogens is 271 g/mol. The van der Waals surface area contributed by atoms with E-state index in [1.165, 1.54) is 31.4 Å². The van der Waals surface area contributed by atoms with Crippen LogP contribution in [0.15, 0.2) is 30.3 Å². The second kappa shape index (κ2) is 5.46.